The summed E-state index contributed by atoms with van der Waals surface area (Å²) in [5.41, 5.74) is 0. The van der Waals surface area contributed by atoms with E-state index in [4.69, 9.17) is 5.11 Å². The number of aliphatic hydroxyl groups excluding tert-OH is 1. The Morgan fingerprint density at radius 1 is 1.47 bits per heavy atom. The monoisotopic (exact) mass is 272 g/mol. The summed E-state index contributed by atoms with van der Waals surface area (Å²) < 4.78 is 0. The molecular formula is C13H24N2O4. The van der Waals surface area contributed by atoms with Crippen LogP contribution in [0.25, 0.3) is 0 Å². The number of aliphatic hydroxyl groups is 1. The number of urea groups is 1. The van der Waals surface area contributed by atoms with Gasteiger partial charge in [-0.3, -0.25) is 4.79 Å². The van der Waals surface area contributed by atoms with Gasteiger partial charge in [0.25, 0.3) is 0 Å². The molecule has 0 aromatic rings. The van der Waals surface area contributed by atoms with Crippen LogP contribution in [0.3, 0.4) is 0 Å². The van der Waals surface area contributed by atoms with Gasteiger partial charge in [0.2, 0.25) is 0 Å². The van der Waals surface area contributed by atoms with Crippen molar-refractivity contribution < 1.29 is 19.8 Å². The Bertz CT molecular complexity index is 322. The molecule has 2 atom stereocenters. The predicted molar refractivity (Wildman–Crippen MR) is 70.9 cm³/mol. The van der Waals surface area contributed by atoms with Gasteiger partial charge in [-0.05, 0) is 32.1 Å². The number of nitrogens with zero attached hydrogens (tertiary/aromatic N) is 2. The molecule has 0 spiro atoms. The third kappa shape index (κ3) is 4.38. The van der Waals surface area contributed by atoms with E-state index in [-0.39, 0.29) is 31.1 Å². The predicted octanol–water partition coefficient (Wildman–Crippen LogP) is 0.996. The first-order valence-electron chi connectivity index (χ1n) is 6.87. The molecule has 0 bridgehead atoms. The summed E-state index contributed by atoms with van der Waals surface area (Å²) in [6, 6.07) is -0.326. The first-order valence-corrected chi connectivity index (χ1v) is 6.87. The highest BCUT2D eigenvalue weighted by atomic mass is 16.4. The van der Waals surface area contributed by atoms with Gasteiger partial charge in [-0.2, -0.15) is 0 Å². The fourth-order valence-electron chi connectivity index (χ4n) is 2.35. The van der Waals surface area contributed by atoms with Crippen LogP contribution in [0.15, 0.2) is 0 Å². The summed E-state index contributed by atoms with van der Waals surface area (Å²) in [7, 11) is 0. The quantitative estimate of drug-likeness (QED) is 0.782. The molecule has 0 saturated carbocycles. The molecular weight excluding hydrogens is 248 g/mol. The van der Waals surface area contributed by atoms with Crippen molar-refractivity contribution in [2.24, 2.45) is 5.92 Å². The second-order valence-corrected chi connectivity index (χ2v) is 5.20. The Morgan fingerprint density at radius 3 is 2.68 bits per heavy atom. The molecule has 1 fully saturated rings. The number of carbonyl (C=O) groups excluding carboxylic acids is 1. The number of hydrogen-bond acceptors (Lipinski definition) is 3. The zero-order valence-corrected chi connectivity index (χ0v) is 11.7. The maximum atomic E-state index is 12.4. The summed E-state index contributed by atoms with van der Waals surface area (Å²) in [5.74, 6) is -0.884. The SMILES string of the molecule is CCC(C)N(CC(=O)O)C(=O)N1CCCC(CO)C1. The van der Waals surface area contributed by atoms with Crippen LogP contribution in [-0.2, 0) is 4.79 Å². The molecule has 1 aliphatic rings. The van der Waals surface area contributed by atoms with Gasteiger partial charge in [0.1, 0.15) is 6.54 Å². The zero-order valence-electron chi connectivity index (χ0n) is 11.7. The number of likely N-dealkylation sites (tertiary alicyclic amines) is 1. The molecule has 0 radical (unpaired) electrons. The fourth-order valence-corrected chi connectivity index (χ4v) is 2.35. The van der Waals surface area contributed by atoms with E-state index in [1.165, 1.54) is 4.90 Å². The number of piperidine rings is 1. The topological polar surface area (TPSA) is 81.1 Å². The molecule has 1 rings (SSSR count). The molecule has 1 aliphatic heterocycles. The van der Waals surface area contributed by atoms with Gasteiger partial charge >= 0.3 is 12.0 Å². The van der Waals surface area contributed by atoms with Crippen molar-refractivity contribution in [1.29, 1.82) is 0 Å². The molecule has 2 N–H and O–H groups in total. The van der Waals surface area contributed by atoms with E-state index < -0.39 is 5.97 Å². The third-order valence-corrected chi connectivity index (χ3v) is 3.72. The molecule has 0 aromatic carbocycles. The van der Waals surface area contributed by atoms with Gasteiger partial charge in [-0.1, -0.05) is 6.92 Å². The van der Waals surface area contributed by atoms with E-state index in [1.807, 2.05) is 13.8 Å². The molecule has 19 heavy (non-hydrogen) atoms. The summed E-state index contributed by atoms with van der Waals surface area (Å²) >= 11 is 0. The number of carbonyl (C=O) groups is 2. The van der Waals surface area contributed by atoms with Crippen LogP contribution < -0.4 is 0 Å². The van der Waals surface area contributed by atoms with Crippen LogP contribution in [0.1, 0.15) is 33.1 Å². The van der Waals surface area contributed by atoms with Crippen LogP contribution in [0.4, 0.5) is 4.79 Å². The second kappa shape index (κ2) is 7.33. The molecule has 6 nitrogen and oxygen atoms in total. The lowest BCUT2D eigenvalue weighted by atomic mass is 9.99. The lowest BCUT2D eigenvalue weighted by Gasteiger charge is -2.37. The Hall–Kier alpha value is -1.30. The van der Waals surface area contributed by atoms with E-state index in [0.29, 0.717) is 13.1 Å². The number of carboxylic acids is 1. The van der Waals surface area contributed by atoms with E-state index >= 15 is 0 Å². The number of carboxylic acid groups (broad SMARTS) is 1. The lowest BCUT2D eigenvalue weighted by Crippen LogP contribution is -2.52. The second-order valence-electron chi connectivity index (χ2n) is 5.20. The summed E-state index contributed by atoms with van der Waals surface area (Å²) in [6.07, 6.45) is 2.50. The highest BCUT2D eigenvalue weighted by molar-refractivity contribution is 5.80. The van der Waals surface area contributed by atoms with Crippen molar-refractivity contribution in [1.82, 2.24) is 9.80 Å². The minimum atomic E-state index is -0.996. The van der Waals surface area contributed by atoms with Crippen molar-refractivity contribution in [3.8, 4) is 0 Å². The van der Waals surface area contributed by atoms with Crippen LogP contribution in [0.2, 0.25) is 0 Å². The van der Waals surface area contributed by atoms with Crippen molar-refractivity contribution in [3.63, 3.8) is 0 Å². The van der Waals surface area contributed by atoms with Crippen LogP contribution >= 0.6 is 0 Å². The lowest BCUT2D eigenvalue weighted by molar-refractivity contribution is -0.138. The highest BCUT2D eigenvalue weighted by Crippen LogP contribution is 2.18. The van der Waals surface area contributed by atoms with E-state index in [9.17, 15) is 14.7 Å². The van der Waals surface area contributed by atoms with Crippen molar-refractivity contribution in [3.05, 3.63) is 0 Å². The van der Waals surface area contributed by atoms with Gasteiger partial charge in [-0.25, -0.2) is 4.79 Å². The van der Waals surface area contributed by atoms with Crippen molar-refractivity contribution in [2.75, 3.05) is 26.2 Å². The van der Waals surface area contributed by atoms with Crippen molar-refractivity contribution >= 4 is 12.0 Å². The molecule has 0 aliphatic carbocycles. The molecule has 2 unspecified atom stereocenters. The molecule has 0 aromatic heterocycles. The smallest absolute Gasteiger partial charge is 0.323 e. The maximum absolute atomic E-state index is 12.4. The van der Waals surface area contributed by atoms with Gasteiger partial charge in [0.05, 0.1) is 0 Å². The number of rotatable bonds is 5. The molecule has 2 amide bonds. The Kier molecular flexibility index (Phi) is 6.08. The maximum Gasteiger partial charge on any atom is 0.323 e. The number of aliphatic carboxylic acids is 1. The average Bonchev–Trinajstić information content (AvgIpc) is 2.43. The minimum Gasteiger partial charge on any atom is -0.480 e. The Labute approximate surface area is 114 Å². The van der Waals surface area contributed by atoms with Gasteiger partial charge in [0, 0.05) is 25.7 Å². The average molecular weight is 272 g/mol. The first kappa shape index (κ1) is 15.8. The van der Waals surface area contributed by atoms with E-state index in [2.05, 4.69) is 0 Å². The van der Waals surface area contributed by atoms with Crippen LogP contribution in [0, 0.1) is 5.92 Å². The van der Waals surface area contributed by atoms with Crippen molar-refractivity contribution in [2.45, 2.75) is 39.2 Å². The standard InChI is InChI=1S/C13H24N2O4/c1-3-10(2)15(8-12(17)18)13(19)14-6-4-5-11(7-14)9-16/h10-11,16H,3-9H2,1-2H3,(H,17,18). The Balaban J connectivity index is 2.71. The largest absolute Gasteiger partial charge is 0.480 e. The number of amides is 2. The van der Waals surface area contributed by atoms with E-state index in [0.717, 1.165) is 19.3 Å². The zero-order chi connectivity index (χ0) is 14.4. The fraction of sp³-hybridized carbons (Fsp3) is 0.846. The van der Waals surface area contributed by atoms with Crippen LogP contribution in [-0.4, -0.2) is 64.3 Å². The molecule has 1 heterocycles. The summed E-state index contributed by atoms with van der Waals surface area (Å²) in [5, 5.41) is 18.1. The minimum absolute atomic E-state index is 0.0754. The molecule has 1 saturated heterocycles. The van der Waals surface area contributed by atoms with Gasteiger partial charge in [0.15, 0.2) is 0 Å². The first-order chi connectivity index (χ1) is 8.99. The van der Waals surface area contributed by atoms with E-state index in [1.54, 1.807) is 4.90 Å². The molecule has 110 valence electrons. The van der Waals surface area contributed by atoms with Gasteiger partial charge < -0.3 is 20.0 Å². The molecule has 6 heteroatoms. The van der Waals surface area contributed by atoms with Gasteiger partial charge in [-0.15, -0.1) is 0 Å². The third-order valence-electron chi connectivity index (χ3n) is 3.72. The van der Waals surface area contributed by atoms with Crippen LogP contribution in [0.5, 0.6) is 0 Å². The Morgan fingerprint density at radius 2 is 2.16 bits per heavy atom. The highest BCUT2D eigenvalue weighted by Gasteiger charge is 2.29. The summed E-state index contributed by atoms with van der Waals surface area (Å²) in [4.78, 5) is 26.4. The summed E-state index contributed by atoms with van der Waals surface area (Å²) in [6.45, 7) is 4.75. The number of hydrogen-bond donors (Lipinski definition) is 2. The normalized spacial score (nSPS) is 21.0.